The minimum atomic E-state index is -0.592. The van der Waals surface area contributed by atoms with Crippen molar-refractivity contribution < 1.29 is 24.9 Å². The summed E-state index contributed by atoms with van der Waals surface area (Å²) < 4.78 is 5.15. The first-order chi connectivity index (χ1) is 13.7. The predicted molar refractivity (Wildman–Crippen MR) is 110 cm³/mol. The van der Waals surface area contributed by atoms with Crippen LogP contribution in [0.1, 0.15) is 51.5 Å². The van der Waals surface area contributed by atoms with Crippen molar-refractivity contribution in [3.05, 3.63) is 29.8 Å². The highest BCUT2D eigenvalue weighted by atomic mass is 16.5. The molecule has 0 aromatic heterocycles. The summed E-state index contributed by atoms with van der Waals surface area (Å²) in [6, 6.07) is 7.56. The summed E-state index contributed by atoms with van der Waals surface area (Å²) in [4.78, 5) is 12.7. The zero-order chi connectivity index (χ0) is 21.2. The van der Waals surface area contributed by atoms with Gasteiger partial charge in [0, 0.05) is 18.4 Å². The molecule has 4 N–H and O–H groups in total. The lowest BCUT2D eigenvalue weighted by Gasteiger charge is -2.60. The number of nitrogens with one attached hydrogen (secondary N) is 1. The van der Waals surface area contributed by atoms with Gasteiger partial charge >= 0.3 is 0 Å². The standard InChI is InChI=1S/C23H35NO5/c1-22-11-10-20(27)23(2,14-25)19(22)9-8-18(26)17(22)12-21(28)24-13-15-4-6-16(29-3)7-5-15/h4-7,17-20,25-27H,8-14H2,1-3H3,(H,24,28)/t17-,18-,19+,20-,22+,23+/m1/s1. The van der Waals surface area contributed by atoms with Crippen molar-refractivity contribution >= 4 is 5.91 Å². The first kappa shape index (κ1) is 22.1. The van der Waals surface area contributed by atoms with Gasteiger partial charge in [-0.25, -0.2) is 0 Å². The van der Waals surface area contributed by atoms with Crippen LogP contribution in [0.3, 0.4) is 0 Å². The Morgan fingerprint density at radius 1 is 1.17 bits per heavy atom. The summed E-state index contributed by atoms with van der Waals surface area (Å²) in [5, 5.41) is 34.3. The number of benzene rings is 1. The second kappa shape index (κ2) is 8.62. The molecule has 0 spiro atoms. The van der Waals surface area contributed by atoms with Crippen molar-refractivity contribution in [2.45, 2.75) is 64.7 Å². The van der Waals surface area contributed by atoms with E-state index in [1.54, 1.807) is 7.11 Å². The molecule has 0 heterocycles. The van der Waals surface area contributed by atoms with E-state index in [4.69, 9.17) is 4.74 Å². The fourth-order valence-electron chi connectivity index (χ4n) is 5.82. The van der Waals surface area contributed by atoms with Crippen LogP contribution in [0.4, 0.5) is 0 Å². The number of aliphatic hydroxyl groups is 3. The van der Waals surface area contributed by atoms with Crippen LogP contribution in [0.25, 0.3) is 0 Å². The molecule has 6 atom stereocenters. The highest BCUT2D eigenvalue weighted by Gasteiger charge is 2.58. The molecule has 29 heavy (non-hydrogen) atoms. The lowest BCUT2D eigenvalue weighted by atomic mass is 9.46. The molecule has 0 saturated heterocycles. The quantitative estimate of drug-likeness (QED) is 0.582. The van der Waals surface area contributed by atoms with Gasteiger partial charge in [-0.2, -0.15) is 0 Å². The van der Waals surface area contributed by atoms with E-state index in [1.165, 1.54) is 0 Å². The Morgan fingerprint density at radius 2 is 1.86 bits per heavy atom. The highest BCUT2D eigenvalue weighted by molar-refractivity contribution is 5.76. The fourth-order valence-corrected chi connectivity index (χ4v) is 5.82. The number of rotatable bonds is 6. The molecule has 1 aromatic carbocycles. The Morgan fingerprint density at radius 3 is 2.48 bits per heavy atom. The van der Waals surface area contributed by atoms with E-state index in [-0.39, 0.29) is 36.2 Å². The number of carbonyl (C=O) groups excluding carboxylic acids is 1. The van der Waals surface area contributed by atoms with E-state index in [2.05, 4.69) is 12.2 Å². The first-order valence-corrected chi connectivity index (χ1v) is 10.6. The van der Waals surface area contributed by atoms with E-state index in [1.807, 2.05) is 31.2 Å². The molecule has 0 unspecified atom stereocenters. The number of hydrogen-bond acceptors (Lipinski definition) is 5. The molecule has 1 aromatic rings. The maximum atomic E-state index is 12.7. The van der Waals surface area contributed by atoms with Crippen LogP contribution in [0.15, 0.2) is 24.3 Å². The lowest BCUT2D eigenvalue weighted by molar-refractivity contribution is -0.185. The third-order valence-electron chi connectivity index (χ3n) is 7.77. The summed E-state index contributed by atoms with van der Waals surface area (Å²) in [6.07, 6.45) is 1.85. The second-order valence-electron chi connectivity index (χ2n) is 9.36. The Bertz CT molecular complexity index is 708. The molecule has 0 bridgehead atoms. The number of amides is 1. The first-order valence-electron chi connectivity index (χ1n) is 10.6. The number of hydrogen-bond donors (Lipinski definition) is 4. The lowest BCUT2D eigenvalue weighted by Crippen LogP contribution is -2.60. The third kappa shape index (κ3) is 4.16. The fraction of sp³-hybridized carbons (Fsp3) is 0.696. The smallest absolute Gasteiger partial charge is 0.220 e. The average Bonchev–Trinajstić information content (AvgIpc) is 2.72. The van der Waals surface area contributed by atoms with Crippen molar-refractivity contribution in [2.24, 2.45) is 22.7 Å². The summed E-state index contributed by atoms with van der Waals surface area (Å²) in [5.41, 5.74) is 0.109. The number of ether oxygens (including phenoxy) is 1. The molecular weight excluding hydrogens is 370 g/mol. The maximum absolute atomic E-state index is 12.7. The summed E-state index contributed by atoms with van der Waals surface area (Å²) in [6.45, 7) is 4.42. The summed E-state index contributed by atoms with van der Waals surface area (Å²) in [7, 11) is 1.62. The Labute approximate surface area is 173 Å². The number of aliphatic hydroxyl groups excluding tert-OH is 3. The van der Waals surface area contributed by atoms with Gasteiger partial charge in [0.25, 0.3) is 0 Å². The number of fused-ring (bicyclic) bond motifs is 1. The molecule has 162 valence electrons. The predicted octanol–water partition coefficient (Wildman–Crippen LogP) is 2.25. The SMILES string of the molecule is COc1ccc(CNC(=O)C[C@@H]2[C@H](O)CC[C@@H]3[C@](C)(CO)[C@H](O)CC[C@]32C)cc1. The van der Waals surface area contributed by atoms with Gasteiger partial charge in [-0.1, -0.05) is 26.0 Å². The van der Waals surface area contributed by atoms with Crippen molar-refractivity contribution in [2.75, 3.05) is 13.7 Å². The molecule has 1 amide bonds. The molecule has 6 nitrogen and oxygen atoms in total. The summed E-state index contributed by atoms with van der Waals surface area (Å²) in [5.74, 6) is 0.585. The van der Waals surface area contributed by atoms with Gasteiger partial charge in [-0.15, -0.1) is 0 Å². The second-order valence-corrected chi connectivity index (χ2v) is 9.36. The molecular formula is C23H35NO5. The normalized spacial score (nSPS) is 36.9. The van der Waals surface area contributed by atoms with Crippen molar-refractivity contribution in [1.82, 2.24) is 5.32 Å². The minimum Gasteiger partial charge on any atom is -0.497 e. The molecule has 2 aliphatic rings. The van der Waals surface area contributed by atoms with E-state index in [9.17, 15) is 20.1 Å². The topological polar surface area (TPSA) is 99.0 Å². The maximum Gasteiger partial charge on any atom is 0.220 e. The minimum absolute atomic E-state index is 0.0755. The van der Waals surface area contributed by atoms with E-state index in [0.29, 0.717) is 19.4 Å². The molecule has 6 heteroatoms. The van der Waals surface area contributed by atoms with Gasteiger partial charge in [0.2, 0.25) is 5.91 Å². The highest BCUT2D eigenvalue weighted by Crippen LogP contribution is 2.60. The van der Waals surface area contributed by atoms with Crippen LogP contribution in [0.5, 0.6) is 5.75 Å². The molecule has 2 aliphatic carbocycles. The van der Waals surface area contributed by atoms with E-state index < -0.39 is 17.6 Å². The van der Waals surface area contributed by atoms with Gasteiger partial charge in [0.1, 0.15) is 5.75 Å². The van der Waals surface area contributed by atoms with Gasteiger partial charge in [-0.05, 0) is 60.6 Å². The van der Waals surface area contributed by atoms with Crippen LogP contribution in [-0.2, 0) is 11.3 Å². The molecule has 2 fully saturated rings. The van der Waals surface area contributed by atoms with E-state index in [0.717, 1.165) is 24.2 Å². The van der Waals surface area contributed by atoms with Gasteiger partial charge in [-0.3, -0.25) is 4.79 Å². The third-order valence-corrected chi connectivity index (χ3v) is 7.77. The van der Waals surface area contributed by atoms with Crippen molar-refractivity contribution in [3.63, 3.8) is 0 Å². The van der Waals surface area contributed by atoms with E-state index >= 15 is 0 Å². The Balaban J connectivity index is 1.68. The van der Waals surface area contributed by atoms with Gasteiger partial charge < -0.3 is 25.4 Å². The molecule has 3 rings (SSSR count). The van der Waals surface area contributed by atoms with Crippen molar-refractivity contribution in [1.29, 1.82) is 0 Å². The Kier molecular flexibility index (Phi) is 6.56. The monoisotopic (exact) mass is 405 g/mol. The largest absolute Gasteiger partial charge is 0.497 e. The van der Waals surface area contributed by atoms with Crippen LogP contribution >= 0.6 is 0 Å². The average molecular weight is 406 g/mol. The zero-order valence-corrected chi connectivity index (χ0v) is 17.7. The molecule has 0 radical (unpaired) electrons. The summed E-state index contributed by atoms with van der Waals surface area (Å²) >= 11 is 0. The van der Waals surface area contributed by atoms with Crippen LogP contribution in [0.2, 0.25) is 0 Å². The molecule has 2 saturated carbocycles. The molecule has 0 aliphatic heterocycles. The van der Waals surface area contributed by atoms with Gasteiger partial charge in [0.05, 0.1) is 25.9 Å². The zero-order valence-electron chi connectivity index (χ0n) is 17.7. The Hall–Kier alpha value is -1.63. The number of methoxy groups -OCH3 is 1. The number of carbonyl (C=O) groups is 1. The van der Waals surface area contributed by atoms with Crippen LogP contribution in [0, 0.1) is 22.7 Å². The van der Waals surface area contributed by atoms with Crippen molar-refractivity contribution in [3.8, 4) is 5.75 Å². The van der Waals surface area contributed by atoms with Crippen LogP contribution < -0.4 is 10.1 Å². The van der Waals surface area contributed by atoms with Crippen LogP contribution in [-0.4, -0.2) is 47.2 Å². The van der Waals surface area contributed by atoms with Gasteiger partial charge in [0.15, 0.2) is 0 Å².